The average molecular weight is 1340 g/mol. The van der Waals surface area contributed by atoms with Crippen molar-refractivity contribution < 1.29 is 86.4 Å². The fourth-order valence-corrected chi connectivity index (χ4v) is 12.1. The monoisotopic (exact) mass is 1330 g/mol. The number of anilines is 2. The fraction of sp³-hybridized carbons (Fsp3) is 0.246. The third kappa shape index (κ3) is 18.8. The van der Waals surface area contributed by atoms with Gasteiger partial charge in [-0.2, -0.15) is 23.4 Å². The molecule has 1 radical (unpaired) electrons. The standard InChI is InChI=1S/C25H23F3N4O3S.C25H26N4O3S.C7H9BO2.2C2H4O2.ClH.Cu/c1-35-23-16-21-20(15-22(23)31-13-11-29-12-14-31)24(36(33,34)19-5-3-2-4-6-19)30-32(21)18-9-7-17(8-10-18)25(26,27)28;1-32-24-17-22-21(25(27-26-22)33(30,31)20-10-6-3-7-11-20)16-23(24)29-14-12-28(13-15-29)18-19-8-4-2-5-9-19;1-6-2-4-7(5-3-6)8(9)10;2*1-2(3)4;;/h2-10,15-16,29H,11-14H2,1H3;2-11,16-17H,12-15,18H2,1H3,(H,26,27);2-5,9-10H,1H3;2*1H3,(H,3,4);1H;. The number of aromatic amines is 1. The molecular weight excluding hydrogens is 1270 g/mol. The zero-order chi connectivity index (χ0) is 63.1. The van der Waals surface area contributed by atoms with Crippen molar-refractivity contribution in [2.45, 2.75) is 53.3 Å². The van der Waals surface area contributed by atoms with Crippen LogP contribution in [0, 0.1) is 6.92 Å². The maximum absolute atomic E-state index is 13.6. The molecule has 477 valence electrons. The molecule has 0 unspecified atom stereocenters. The molecule has 4 heterocycles. The molecule has 20 nitrogen and oxygen atoms in total. The number of rotatable bonds is 12. The van der Waals surface area contributed by atoms with Crippen molar-refractivity contribution in [2.24, 2.45) is 0 Å². The van der Waals surface area contributed by atoms with Crippen molar-refractivity contribution in [1.82, 2.24) is 30.2 Å². The van der Waals surface area contributed by atoms with Gasteiger partial charge in [0.25, 0.3) is 11.9 Å². The quantitative estimate of drug-likeness (QED) is 0.0628. The molecule has 2 saturated heterocycles. The molecule has 0 aliphatic carbocycles. The van der Waals surface area contributed by atoms with Crippen molar-refractivity contribution in [2.75, 3.05) is 76.4 Å². The summed E-state index contributed by atoms with van der Waals surface area (Å²) in [7, 11) is -5.95. The molecule has 9 aromatic rings. The van der Waals surface area contributed by atoms with E-state index in [9.17, 15) is 30.0 Å². The average Bonchev–Trinajstić information content (AvgIpc) is 1.66. The maximum Gasteiger partial charge on any atom is 0.488 e. The number of aromatic nitrogens is 4. The molecule has 28 heteroatoms. The van der Waals surface area contributed by atoms with Gasteiger partial charge in [-0.05, 0) is 78.6 Å². The van der Waals surface area contributed by atoms with Crippen LogP contribution in [0.15, 0.2) is 184 Å². The number of nitrogens with one attached hydrogen (secondary N) is 2. The Morgan fingerprint density at radius 2 is 1.11 bits per heavy atom. The van der Waals surface area contributed by atoms with Crippen molar-refractivity contribution in [1.29, 1.82) is 0 Å². The number of benzene rings is 7. The van der Waals surface area contributed by atoms with Crippen LogP contribution in [0.2, 0.25) is 0 Å². The number of nitrogens with zero attached hydrogens (tertiary/aromatic N) is 6. The molecule has 11 rings (SSSR count). The van der Waals surface area contributed by atoms with Gasteiger partial charge in [0, 0.05) is 113 Å². The molecule has 0 saturated carbocycles. The van der Waals surface area contributed by atoms with Gasteiger partial charge in [0.2, 0.25) is 19.7 Å². The van der Waals surface area contributed by atoms with E-state index in [0.717, 1.165) is 88.7 Å². The number of fused-ring (bicyclic) bond motifs is 2. The number of carbonyl (C=O) groups is 2. The van der Waals surface area contributed by atoms with Crippen LogP contribution >= 0.6 is 12.4 Å². The molecule has 2 fully saturated rings. The minimum atomic E-state index is -4.49. The van der Waals surface area contributed by atoms with Gasteiger partial charge >= 0.3 is 13.3 Å². The van der Waals surface area contributed by atoms with Gasteiger partial charge < -0.3 is 44.9 Å². The zero-order valence-electron chi connectivity index (χ0n) is 48.9. The number of ether oxygens (including phenoxy) is 2. The normalized spacial score (nSPS) is 13.2. The second-order valence-corrected chi connectivity index (χ2v) is 23.6. The Balaban J connectivity index is 0.000000250. The maximum atomic E-state index is 13.6. The predicted molar refractivity (Wildman–Crippen MR) is 333 cm³/mol. The summed E-state index contributed by atoms with van der Waals surface area (Å²) in [6.45, 7) is 11.5. The molecule has 0 bridgehead atoms. The third-order valence-electron chi connectivity index (χ3n) is 13.6. The van der Waals surface area contributed by atoms with E-state index in [0.29, 0.717) is 57.5 Å². The van der Waals surface area contributed by atoms with Crippen LogP contribution in [0.4, 0.5) is 24.5 Å². The zero-order valence-corrected chi connectivity index (χ0v) is 52.3. The van der Waals surface area contributed by atoms with E-state index >= 15 is 0 Å². The number of piperazine rings is 2. The van der Waals surface area contributed by atoms with Crippen LogP contribution in [-0.2, 0) is 59.1 Å². The molecule has 89 heavy (non-hydrogen) atoms. The van der Waals surface area contributed by atoms with Gasteiger partial charge in [0.15, 0.2) is 10.1 Å². The molecule has 0 atom stereocenters. The van der Waals surface area contributed by atoms with E-state index in [2.05, 4.69) is 59.6 Å². The van der Waals surface area contributed by atoms with E-state index in [-0.39, 0.29) is 49.3 Å². The number of aliphatic carboxylic acids is 2. The first-order valence-electron chi connectivity index (χ1n) is 27.2. The van der Waals surface area contributed by atoms with Crippen molar-refractivity contribution in [3.63, 3.8) is 0 Å². The van der Waals surface area contributed by atoms with E-state index < -0.39 is 50.5 Å². The summed E-state index contributed by atoms with van der Waals surface area (Å²) >= 11 is 0. The summed E-state index contributed by atoms with van der Waals surface area (Å²) in [6.07, 6.45) is -4.49. The molecule has 7 aromatic carbocycles. The van der Waals surface area contributed by atoms with Crippen molar-refractivity contribution >= 4 is 89.8 Å². The first-order valence-corrected chi connectivity index (χ1v) is 30.1. The first-order chi connectivity index (χ1) is 41.4. The van der Waals surface area contributed by atoms with Crippen LogP contribution < -0.4 is 30.1 Å². The van der Waals surface area contributed by atoms with Crippen molar-refractivity contribution in [3.05, 3.63) is 180 Å². The second kappa shape index (κ2) is 32.5. The van der Waals surface area contributed by atoms with Crippen molar-refractivity contribution in [3.8, 4) is 17.2 Å². The summed E-state index contributed by atoms with van der Waals surface area (Å²) in [4.78, 5) is 25.1. The minimum absolute atomic E-state index is 0. The molecular formula is C61H67BClCuF3N8O12S2. The van der Waals surface area contributed by atoms with E-state index in [1.54, 1.807) is 79.9 Å². The SMILES string of the molecule is CC(=O)O.CC(=O)O.COc1cc2c(cc1N1CCNCC1)c(S(=O)(=O)c1ccccc1)nn2-c1ccc(C(F)(F)F)cc1.COc1cc2n[nH]c(S(=O)(=O)c3ccccc3)c2cc1N1CCN(Cc2ccccc2)CC1.Cc1ccc(B(O)O)cc1.Cl.[Cu]. The summed E-state index contributed by atoms with van der Waals surface area (Å²) in [5.74, 6) is -0.463. The first kappa shape index (κ1) is 71.8. The number of methoxy groups -OCH3 is 2. The number of hydrogen-bond acceptors (Lipinski definition) is 16. The Labute approximate surface area is 530 Å². The molecule has 0 spiro atoms. The summed E-state index contributed by atoms with van der Waals surface area (Å²) in [5.41, 5.74) is 5.01. The van der Waals surface area contributed by atoms with Gasteiger partial charge in [-0.25, -0.2) is 21.5 Å². The Morgan fingerprint density at radius 3 is 1.61 bits per heavy atom. The number of carboxylic acids is 2. The topological polar surface area (TPSA) is 270 Å². The van der Waals surface area contributed by atoms with Gasteiger partial charge in [0.05, 0.1) is 57.7 Å². The van der Waals surface area contributed by atoms with Gasteiger partial charge in [-0.3, -0.25) is 19.6 Å². The van der Waals surface area contributed by atoms with Gasteiger partial charge in [-0.1, -0.05) is 96.6 Å². The number of sulfone groups is 2. The summed E-state index contributed by atoms with van der Waals surface area (Å²) < 4.78 is 106. The number of aryl methyl sites for hydroxylation is 1. The number of carboxylic acid groups (broad SMARTS) is 2. The van der Waals surface area contributed by atoms with Crippen LogP contribution in [-0.4, -0.2) is 148 Å². The molecule has 0 amide bonds. The van der Waals surface area contributed by atoms with Crippen LogP contribution in [0.25, 0.3) is 27.5 Å². The molecule has 2 aliphatic rings. The molecule has 2 aliphatic heterocycles. The van der Waals surface area contributed by atoms with Crippen LogP contribution in [0.5, 0.6) is 11.5 Å². The van der Waals surface area contributed by atoms with Gasteiger partial charge in [-0.15, -0.1) is 12.4 Å². The largest absolute Gasteiger partial charge is 0.495 e. The van der Waals surface area contributed by atoms with E-state index in [1.165, 1.54) is 41.6 Å². The number of alkyl halides is 3. The molecule has 2 aromatic heterocycles. The molecule has 6 N–H and O–H groups in total. The smallest absolute Gasteiger partial charge is 0.488 e. The Kier molecular flexibility index (Phi) is 26.2. The number of halogens is 4. The van der Waals surface area contributed by atoms with E-state index in [4.69, 9.17) is 39.3 Å². The second-order valence-electron chi connectivity index (χ2n) is 19.8. The summed E-state index contributed by atoms with van der Waals surface area (Å²) in [5, 5.41) is 47.7. The number of H-pyrrole nitrogens is 1. The predicted octanol–water partition coefficient (Wildman–Crippen LogP) is 8.30. The fourth-order valence-electron chi connectivity index (χ4n) is 9.38. The Hall–Kier alpha value is -7.98. The third-order valence-corrected chi connectivity index (χ3v) is 17.1. The van der Waals surface area contributed by atoms with Crippen LogP contribution in [0.3, 0.4) is 0 Å². The minimum Gasteiger partial charge on any atom is -0.495 e. The van der Waals surface area contributed by atoms with Crippen LogP contribution in [0.1, 0.15) is 30.5 Å². The van der Waals surface area contributed by atoms with Gasteiger partial charge in [0.1, 0.15) is 11.5 Å². The van der Waals surface area contributed by atoms with E-state index in [1.807, 2.05) is 37.3 Å². The Bertz CT molecular complexity index is 3960. The Morgan fingerprint density at radius 1 is 0.640 bits per heavy atom. The summed E-state index contributed by atoms with van der Waals surface area (Å²) in [6, 6.07) is 45.4. The number of hydrogen-bond donors (Lipinski definition) is 6.